The summed E-state index contributed by atoms with van der Waals surface area (Å²) in [5.74, 6) is -0.246. The number of carbonyl (C=O) groups excluding carboxylic acids is 2. The highest BCUT2D eigenvalue weighted by Gasteiger charge is 2.37. The van der Waals surface area contributed by atoms with Gasteiger partial charge in [0.1, 0.15) is 6.04 Å². The lowest BCUT2D eigenvalue weighted by Crippen LogP contribution is -2.45. The molecule has 2 aliphatic rings. The van der Waals surface area contributed by atoms with E-state index in [0.29, 0.717) is 17.3 Å². The van der Waals surface area contributed by atoms with Crippen LogP contribution in [-0.4, -0.2) is 28.8 Å². The van der Waals surface area contributed by atoms with Gasteiger partial charge < -0.3 is 5.32 Å². The molecule has 0 spiro atoms. The summed E-state index contributed by atoms with van der Waals surface area (Å²) in [7, 11) is 0. The van der Waals surface area contributed by atoms with E-state index in [-0.39, 0.29) is 11.8 Å². The van der Waals surface area contributed by atoms with Gasteiger partial charge in [0.15, 0.2) is 0 Å². The third-order valence-corrected chi connectivity index (χ3v) is 3.67. The quantitative estimate of drug-likeness (QED) is 0.896. The summed E-state index contributed by atoms with van der Waals surface area (Å²) in [5, 5.41) is 2.92. The maximum atomic E-state index is 12.3. The van der Waals surface area contributed by atoms with E-state index in [9.17, 15) is 9.59 Å². The van der Waals surface area contributed by atoms with Crippen molar-refractivity contribution in [1.82, 2.24) is 10.2 Å². The van der Waals surface area contributed by atoms with Crippen molar-refractivity contribution in [3.8, 4) is 0 Å². The van der Waals surface area contributed by atoms with E-state index in [0.717, 1.165) is 18.4 Å². The van der Waals surface area contributed by atoms with Crippen molar-refractivity contribution in [3.05, 3.63) is 42.0 Å². The molecule has 4 heteroatoms. The van der Waals surface area contributed by atoms with Crippen LogP contribution in [0.4, 0.5) is 0 Å². The largest absolute Gasteiger partial charge is 0.352 e. The Labute approximate surface area is 112 Å². The first-order chi connectivity index (χ1) is 9.09. The Kier molecular flexibility index (Phi) is 2.66. The fraction of sp³-hybridized carbons (Fsp3) is 0.333. The molecule has 3 rings (SSSR count). The molecule has 0 radical (unpaired) electrons. The van der Waals surface area contributed by atoms with Crippen LogP contribution in [0.25, 0.3) is 5.70 Å². The van der Waals surface area contributed by atoms with Gasteiger partial charge in [0.2, 0.25) is 5.91 Å². The Morgan fingerprint density at radius 2 is 2.00 bits per heavy atom. The second-order valence-electron chi connectivity index (χ2n) is 5.13. The minimum Gasteiger partial charge on any atom is -0.352 e. The highest BCUT2D eigenvalue weighted by atomic mass is 16.2. The Morgan fingerprint density at radius 3 is 2.58 bits per heavy atom. The molecule has 0 saturated heterocycles. The van der Waals surface area contributed by atoms with Crippen LogP contribution < -0.4 is 5.32 Å². The van der Waals surface area contributed by atoms with E-state index in [2.05, 4.69) is 11.9 Å². The van der Waals surface area contributed by atoms with Crippen LogP contribution in [0.15, 0.2) is 30.8 Å². The number of hydrogen-bond donors (Lipinski definition) is 1. The topological polar surface area (TPSA) is 49.4 Å². The maximum absolute atomic E-state index is 12.3. The zero-order chi connectivity index (χ0) is 13.6. The number of hydrogen-bond acceptors (Lipinski definition) is 2. The van der Waals surface area contributed by atoms with Crippen molar-refractivity contribution in [2.45, 2.75) is 31.8 Å². The second-order valence-corrected chi connectivity index (χ2v) is 5.13. The predicted octanol–water partition coefficient (Wildman–Crippen LogP) is 1.78. The molecule has 1 unspecified atom stereocenters. The van der Waals surface area contributed by atoms with Crippen LogP contribution >= 0.6 is 0 Å². The standard InChI is InChI=1S/C15H16N2O2/c1-9-12-5-3-4-6-13(12)15(19)17(9)10(2)14(18)16-11-7-8-11/h3-6,10-11H,1,7-8H2,2H3,(H,16,18). The number of benzene rings is 1. The molecule has 98 valence electrons. The molecule has 4 nitrogen and oxygen atoms in total. The van der Waals surface area contributed by atoms with E-state index in [1.165, 1.54) is 4.90 Å². The minimum atomic E-state index is -0.520. The highest BCUT2D eigenvalue weighted by Crippen LogP contribution is 2.33. The summed E-state index contributed by atoms with van der Waals surface area (Å²) in [6.45, 7) is 5.69. The average Bonchev–Trinajstić information content (AvgIpc) is 3.18. The Balaban J connectivity index is 1.84. The first kappa shape index (κ1) is 12.0. The molecule has 1 aromatic carbocycles. The van der Waals surface area contributed by atoms with Crippen LogP contribution in [-0.2, 0) is 4.79 Å². The van der Waals surface area contributed by atoms with Crippen molar-refractivity contribution in [3.63, 3.8) is 0 Å². The van der Waals surface area contributed by atoms with Gasteiger partial charge in [-0.1, -0.05) is 24.8 Å². The Bertz CT molecular complexity index is 540. The van der Waals surface area contributed by atoms with Crippen molar-refractivity contribution < 1.29 is 9.59 Å². The molecule has 1 N–H and O–H groups in total. The number of fused-ring (bicyclic) bond motifs is 1. The number of amides is 2. The average molecular weight is 256 g/mol. The lowest BCUT2D eigenvalue weighted by Gasteiger charge is -2.24. The van der Waals surface area contributed by atoms with Gasteiger partial charge in [-0.2, -0.15) is 0 Å². The van der Waals surface area contributed by atoms with Crippen LogP contribution in [0.3, 0.4) is 0 Å². The van der Waals surface area contributed by atoms with Gasteiger partial charge in [-0.15, -0.1) is 0 Å². The highest BCUT2D eigenvalue weighted by molar-refractivity contribution is 6.10. The van der Waals surface area contributed by atoms with Gasteiger partial charge in [-0.25, -0.2) is 0 Å². The van der Waals surface area contributed by atoms with Crippen LogP contribution in [0.5, 0.6) is 0 Å². The monoisotopic (exact) mass is 256 g/mol. The van der Waals surface area contributed by atoms with E-state index < -0.39 is 6.04 Å². The van der Waals surface area contributed by atoms with E-state index >= 15 is 0 Å². The summed E-state index contributed by atoms with van der Waals surface area (Å²) in [4.78, 5) is 25.9. The molecule has 1 aliphatic carbocycles. The van der Waals surface area contributed by atoms with E-state index in [4.69, 9.17) is 0 Å². The van der Waals surface area contributed by atoms with E-state index in [1.807, 2.05) is 18.2 Å². The Hall–Kier alpha value is -2.10. The molecule has 1 heterocycles. The Morgan fingerprint density at radius 1 is 1.37 bits per heavy atom. The lowest BCUT2D eigenvalue weighted by atomic mass is 10.1. The third kappa shape index (κ3) is 1.93. The molecule has 1 aromatic rings. The minimum absolute atomic E-state index is 0.107. The fourth-order valence-electron chi connectivity index (χ4n) is 2.38. The predicted molar refractivity (Wildman–Crippen MR) is 72.3 cm³/mol. The number of rotatable bonds is 3. The van der Waals surface area contributed by atoms with Crippen molar-refractivity contribution in [1.29, 1.82) is 0 Å². The van der Waals surface area contributed by atoms with Gasteiger partial charge in [-0.05, 0) is 25.8 Å². The fourth-order valence-corrected chi connectivity index (χ4v) is 2.38. The van der Waals surface area contributed by atoms with Gasteiger partial charge >= 0.3 is 0 Å². The lowest BCUT2D eigenvalue weighted by molar-refractivity contribution is -0.124. The molecule has 1 aliphatic heterocycles. The van der Waals surface area contributed by atoms with Crippen LogP contribution in [0.2, 0.25) is 0 Å². The maximum Gasteiger partial charge on any atom is 0.259 e. The summed E-state index contributed by atoms with van der Waals surface area (Å²) < 4.78 is 0. The van der Waals surface area contributed by atoms with Crippen molar-refractivity contribution in [2.75, 3.05) is 0 Å². The number of carbonyl (C=O) groups is 2. The summed E-state index contributed by atoms with van der Waals surface area (Å²) >= 11 is 0. The van der Waals surface area contributed by atoms with Gasteiger partial charge in [0, 0.05) is 22.9 Å². The molecule has 1 saturated carbocycles. The first-order valence-corrected chi connectivity index (χ1v) is 6.52. The van der Waals surface area contributed by atoms with Crippen LogP contribution in [0, 0.1) is 0 Å². The van der Waals surface area contributed by atoms with E-state index in [1.54, 1.807) is 13.0 Å². The second kappa shape index (κ2) is 4.23. The molecule has 0 bridgehead atoms. The van der Waals surface area contributed by atoms with Gasteiger partial charge in [0.25, 0.3) is 5.91 Å². The van der Waals surface area contributed by atoms with Crippen molar-refractivity contribution in [2.24, 2.45) is 0 Å². The third-order valence-electron chi connectivity index (χ3n) is 3.67. The zero-order valence-corrected chi connectivity index (χ0v) is 10.8. The molecular formula is C15H16N2O2. The van der Waals surface area contributed by atoms with Gasteiger partial charge in [0.05, 0.1) is 0 Å². The summed E-state index contributed by atoms with van der Waals surface area (Å²) in [5.41, 5.74) is 2.05. The van der Waals surface area contributed by atoms with Crippen LogP contribution in [0.1, 0.15) is 35.7 Å². The molecule has 2 amide bonds. The van der Waals surface area contributed by atoms with Gasteiger partial charge in [-0.3, -0.25) is 14.5 Å². The normalized spacial score (nSPS) is 19.3. The molecule has 1 atom stereocenters. The number of nitrogens with one attached hydrogen (secondary N) is 1. The molecular weight excluding hydrogens is 240 g/mol. The zero-order valence-electron chi connectivity index (χ0n) is 10.8. The van der Waals surface area contributed by atoms with Crippen molar-refractivity contribution >= 4 is 17.5 Å². The smallest absolute Gasteiger partial charge is 0.259 e. The number of nitrogens with zero attached hydrogens (tertiary/aromatic N) is 1. The summed E-state index contributed by atoms with van der Waals surface area (Å²) in [6.07, 6.45) is 2.07. The first-order valence-electron chi connectivity index (χ1n) is 6.52. The molecule has 1 fully saturated rings. The SMILES string of the molecule is C=C1c2ccccc2C(=O)N1C(C)C(=O)NC1CC1. The molecule has 0 aromatic heterocycles. The summed E-state index contributed by atoms with van der Waals surface area (Å²) in [6, 6.07) is 7.10. The molecule has 19 heavy (non-hydrogen) atoms.